The van der Waals surface area contributed by atoms with E-state index in [-0.39, 0.29) is 34.3 Å². The second-order valence-corrected chi connectivity index (χ2v) is 12.1. The van der Waals surface area contributed by atoms with Crippen LogP contribution in [-0.4, -0.2) is 50.7 Å². The van der Waals surface area contributed by atoms with Gasteiger partial charge in [0.2, 0.25) is 0 Å². The van der Waals surface area contributed by atoms with E-state index in [2.05, 4.69) is 10.4 Å². The van der Waals surface area contributed by atoms with E-state index in [0.29, 0.717) is 47.9 Å². The predicted molar refractivity (Wildman–Crippen MR) is 163 cm³/mol. The van der Waals surface area contributed by atoms with Gasteiger partial charge in [0.25, 0.3) is 11.8 Å². The number of carboxylic acids is 1. The molecule has 1 aliphatic rings. The van der Waals surface area contributed by atoms with E-state index in [1.54, 1.807) is 52.0 Å². The minimum absolute atomic E-state index is 0.203. The molecule has 2 heterocycles. The summed E-state index contributed by atoms with van der Waals surface area (Å²) in [4.78, 5) is 40.3. The molecule has 5 rings (SSSR count). The zero-order valence-corrected chi connectivity index (χ0v) is 24.9. The van der Waals surface area contributed by atoms with Crippen LogP contribution >= 0.6 is 11.6 Å². The third kappa shape index (κ3) is 6.46. The van der Waals surface area contributed by atoms with Crippen LogP contribution < -0.4 is 5.32 Å². The smallest absolute Gasteiger partial charge is 0.335 e. The van der Waals surface area contributed by atoms with Crippen LogP contribution in [0, 0.1) is 5.82 Å². The molecular weight excluding hydrogens is 571 g/mol. The maximum Gasteiger partial charge on any atom is 0.335 e. The van der Waals surface area contributed by atoms with Crippen LogP contribution in [0.15, 0.2) is 72.9 Å². The molecular formula is C33H32ClFN4O4. The van der Waals surface area contributed by atoms with E-state index in [4.69, 9.17) is 16.7 Å². The van der Waals surface area contributed by atoms with Crippen molar-refractivity contribution in [3.63, 3.8) is 0 Å². The summed E-state index contributed by atoms with van der Waals surface area (Å²) in [6, 6.07) is 17.5. The van der Waals surface area contributed by atoms with Crippen molar-refractivity contribution in [2.45, 2.75) is 45.1 Å². The number of rotatable bonds is 6. The number of amides is 2. The van der Waals surface area contributed by atoms with Crippen LogP contribution in [0.5, 0.6) is 0 Å². The average Bonchev–Trinajstić information content (AvgIpc) is 3.45. The lowest BCUT2D eigenvalue weighted by molar-refractivity contribution is 0.0691. The largest absolute Gasteiger partial charge is 0.478 e. The van der Waals surface area contributed by atoms with E-state index < -0.39 is 17.4 Å². The van der Waals surface area contributed by atoms with Gasteiger partial charge in [0.05, 0.1) is 39.8 Å². The van der Waals surface area contributed by atoms with Crippen molar-refractivity contribution in [3.8, 4) is 11.3 Å². The minimum Gasteiger partial charge on any atom is -0.478 e. The summed E-state index contributed by atoms with van der Waals surface area (Å²) in [6.45, 7) is 6.87. The first-order valence-corrected chi connectivity index (χ1v) is 14.4. The number of halogens is 2. The first kappa shape index (κ1) is 30.0. The lowest BCUT2D eigenvalue weighted by atomic mass is 9.88. The fourth-order valence-corrected chi connectivity index (χ4v) is 5.56. The Kier molecular flexibility index (Phi) is 8.37. The van der Waals surface area contributed by atoms with Gasteiger partial charge in [-0.05, 0) is 99.7 Å². The average molecular weight is 603 g/mol. The lowest BCUT2D eigenvalue weighted by Gasteiger charge is -2.32. The Bertz CT molecular complexity index is 1670. The normalized spacial score (nSPS) is 14.0. The molecule has 8 nitrogen and oxygen atoms in total. The molecule has 1 saturated heterocycles. The standard InChI is InChI=1S/C33H32ClFN4O4/c1-33(2,3)39-29(22-8-11-25(35)12-9-22)27(19-36-39)30(40)37-28-13-10-24(34)18-26(28)31(41)38-16-14-21(15-17-38)20-4-6-23(7-5-20)32(42)43/h4-13,18-19,21H,14-17H2,1-3H3,(H,37,40)(H,42,43). The summed E-state index contributed by atoms with van der Waals surface area (Å²) in [5, 5.41) is 16.9. The molecule has 1 fully saturated rings. The molecule has 0 unspecified atom stereocenters. The Hall–Kier alpha value is -4.50. The molecule has 2 amide bonds. The van der Waals surface area contributed by atoms with Crippen LogP contribution in [0.2, 0.25) is 5.02 Å². The number of carbonyl (C=O) groups excluding carboxylic acids is 2. The zero-order chi connectivity index (χ0) is 30.9. The fourth-order valence-electron chi connectivity index (χ4n) is 5.38. The monoisotopic (exact) mass is 602 g/mol. The number of piperidine rings is 1. The third-order valence-corrected chi connectivity index (χ3v) is 7.87. The summed E-state index contributed by atoms with van der Waals surface area (Å²) in [7, 11) is 0. The number of likely N-dealkylation sites (tertiary alicyclic amines) is 1. The summed E-state index contributed by atoms with van der Waals surface area (Å²) in [5.74, 6) is -1.86. The van der Waals surface area contributed by atoms with Crippen molar-refractivity contribution >= 4 is 35.1 Å². The van der Waals surface area contributed by atoms with E-state index in [1.165, 1.54) is 18.3 Å². The summed E-state index contributed by atoms with van der Waals surface area (Å²) in [5.41, 5.74) is 2.86. The summed E-state index contributed by atoms with van der Waals surface area (Å²) in [6.07, 6.45) is 2.91. The molecule has 1 aliphatic heterocycles. The van der Waals surface area contributed by atoms with Gasteiger partial charge in [0, 0.05) is 23.7 Å². The minimum atomic E-state index is -0.967. The topological polar surface area (TPSA) is 105 Å². The highest BCUT2D eigenvalue weighted by atomic mass is 35.5. The van der Waals surface area contributed by atoms with Gasteiger partial charge in [-0.25, -0.2) is 9.18 Å². The number of carboxylic acid groups (broad SMARTS) is 1. The molecule has 2 N–H and O–H groups in total. The molecule has 222 valence electrons. The Labute approximate surface area is 254 Å². The van der Waals surface area contributed by atoms with Crippen molar-refractivity contribution in [2.24, 2.45) is 0 Å². The SMILES string of the molecule is CC(C)(C)n1ncc(C(=O)Nc2ccc(Cl)cc2C(=O)N2CCC(c3ccc(C(=O)O)cc3)CC2)c1-c1ccc(F)cc1. The van der Waals surface area contributed by atoms with Crippen molar-refractivity contribution in [2.75, 3.05) is 18.4 Å². The van der Waals surface area contributed by atoms with Gasteiger partial charge >= 0.3 is 5.97 Å². The highest BCUT2D eigenvalue weighted by Gasteiger charge is 2.29. The van der Waals surface area contributed by atoms with E-state index in [1.807, 2.05) is 32.9 Å². The maximum atomic E-state index is 13.7. The van der Waals surface area contributed by atoms with E-state index in [9.17, 15) is 18.8 Å². The molecule has 43 heavy (non-hydrogen) atoms. The fraction of sp³-hybridized carbons (Fsp3) is 0.273. The molecule has 0 radical (unpaired) electrons. The Morgan fingerprint density at radius 1 is 0.953 bits per heavy atom. The van der Waals surface area contributed by atoms with Crippen LogP contribution in [0.25, 0.3) is 11.3 Å². The second-order valence-electron chi connectivity index (χ2n) is 11.6. The van der Waals surface area contributed by atoms with Gasteiger partial charge in [-0.3, -0.25) is 14.3 Å². The number of anilines is 1. The quantitative estimate of drug-likeness (QED) is 0.246. The van der Waals surface area contributed by atoms with Crippen molar-refractivity contribution in [1.29, 1.82) is 0 Å². The Balaban J connectivity index is 1.36. The number of carbonyl (C=O) groups is 3. The highest BCUT2D eigenvalue weighted by Crippen LogP contribution is 2.33. The van der Waals surface area contributed by atoms with E-state index >= 15 is 0 Å². The summed E-state index contributed by atoms with van der Waals surface area (Å²) < 4.78 is 15.4. The van der Waals surface area contributed by atoms with Gasteiger partial charge in [0.15, 0.2) is 0 Å². The predicted octanol–water partition coefficient (Wildman–Crippen LogP) is 7.07. The molecule has 4 aromatic rings. The van der Waals surface area contributed by atoms with Crippen LogP contribution in [0.4, 0.5) is 10.1 Å². The number of aromatic nitrogens is 2. The molecule has 0 atom stereocenters. The number of benzene rings is 3. The highest BCUT2D eigenvalue weighted by molar-refractivity contribution is 6.31. The number of hydrogen-bond donors (Lipinski definition) is 2. The van der Waals surface area contributed by atoms with Gasteiger partial charge in [0.1, 0.15) is 5.82 Å². The van der Waals surface area contributed by atoms with Crippen molar-refractivity contribution in [3.05, 3.63) is 106 Å². The van der Waals surface area contributed by atoms with Crippen molar-refractivity contribution < 1.29 is 23.9 Å². The Morgan fingerprint density at radius 3 is 2.21 bits per heavy atom. The van der Waals surface area contributed by atoms with Gasteiger partial charge < -0.3 is 15.3 Å². The first-order chi connectivity index (χ1) is 20.4. The molecule has 0 aliphatic carbocycles. The van der Waals surface area contributed by atoms with E-state index in [0.717, 1.165) is 5.56 Å². The molecule has 0 bridgehead atoms. The van der Waals surface area contributed by atoms with Crippen LogP contribution in [0.1, 0.15) is 76.2 Å². The molecule has 0 spiro atoms. The first-order valence-electron chi connectivity index (χ1n) is 14.0. The van der Waals surface area contributed by atoms with Gasteiger partial charge in [-0.1, -0.05) is 23.7 Å². The third-order valence-electron chi connectivity index (χ3n) is 7.64. The molecule has 3 aromatic carbocycles. The lowest BCUT2D eigenvalue weighted by Crippen LogP contribution is -2.38. The molecule has 0 saturated carbocycles. The number of hydrogen-bond acceptors (Lipinski definition) is 4. The van der Waals surface area contributed by atoms with Crippen molar-refractivity contribution in [1.82, 2.24) is 14.7 Å². The maximum absolute atomic E-state index is 13.7. The second kappa shape index (κ2) is 12.0. The van der Waals surface area contributed by atoms with Crippen LogP contribution in [-0.2, 0) is 5.54 Å². The Morgan fingerprint density at radius 2 is 1.60 bits per heavy atom. The summed E-state index contributed by atoms with van der Waals surface area (Å²) >= 11 is 6.29. The number of nitrogens with zero attached hydrogens (tertiary/aromatic N) is 3. The molecule has 10 heteroatoms. The van der Waals surface area contributed by atoms with Crippen LogP contribution in [0.3, 0.4) is 0 Å². The number of aromatic carboxylic acids is 1. The zero-order valence-electron chi connectivity index (χ0n) is 24.1. The molecule has 1 aromatic heterocycles. The van der Waals surface area contributed by atoms with Gasteiger partial charge in [-0.15, -0.1) is 0 Å². The number of nitrogens with one attached hydrogen (secondary N) is 1. The van der Waals surface area contributed by atoms with Gasteiger partial charge in [-0.2, -0.15) is 5.10 Å².